The van der Waals surface area contributed by atoms with Crippen molar-refractivity contribution in [1.82, 2.24) is 9.73 Å². The van der Waals surface area contributed by atoms with Crippen molar-refractivity contribution in [2.45, 2.75) is 24.7 Å². The van der Waals surface area contributed by atoms with E-state index in [1.807, 2.05) is 0 Å². The second-order valence-electron chi connectivity index (χ2n) is 8.84. The third kappa shape index (κ3) is 6.63. The van der Waals surface area contributed by atoms with Gasteiger partial charge >= 0.3 is 0 Å². The zero-order valence-electron chi connectivity index (χ0n) is 20.5. The minimum atomic E-state index is -3.74. The van der Waals surface area contributed by atoms with Crippen molar-refractivity contribution in [1.29, 1.82) is 0 Å². The number of hydrogen-bond acceptors (Lipinski definition) is 5. The lowest BCUT2D eigenvalue weighted by Gasteiger charge is -2.30. The van der Waals surface area contributed by atoms with Gasteiger partial charge in [0.25, 0.3) is 5.91 Å². The Morgan fingerprint density at radius 2 is 1.50 bits per heavy atom. The minimum Gasteiger partial charge on any atom is -0.322 e. The fraction of sp³-hybridized carbons (Fsp3) is 0.222. The first-order valence-corrected chi connectivity index (χ1v) is 13.7. The van der Waals surface area contributed by atoms with Gasteiger partial charge in [0.2, 0.25) is 15.9 Å². The van der Waals surface area contributed by atoms with E-state index in [2.05, 4.69) is 15.8 Å². The summed E-state index contributed by atoms with van der Waals surface area (Å²) < 4.78 is 40.0. The number of anilines is 1. The van der Waals surface area contributed by atoms with Gasteiger partial charge in [-0.1, -0.05) is 23.7 Å². The van der Waals surface area contributed by atoms with Crippen molar-refractivity contribution in [3.05, 3.63) is 94.8 Å². The van der Waals surface area contributed by atoms with Gasteiger partial charge in [0.15, 0.2) is 0 Å². The molecule has 38 heavy (non-hydrogen) atoms. The van der Waals surface area contributed by atoms with Crippen LogP contribution in [-0.4, -0.2) is 43.3 Å². The van der Waals surface area contributed by atoms with Crippen molar-refractivity contribution in [2.24, 2.45) is 11.0 Å². The highest BCUT2D eigenvalue weighted by Crippen LogP contribution is 2.24. The third-order valence-electron chi connectivity index (χ3n) is 6.28. The number of benzene rings is 3. The van der Waals surface area contributed by atoms with Gasteiger partial charge in [-0.05, 0) is 86.0 Å². The number of carbonyl (C=O) groups excluding carboxylic acids is 2. The molecule has 0 spiro atoms. The van der Waals surface area contributed by atoms with Crippen LogP contribution >= 0.6 is 11.6 Å². The standard InChI is InChI=1S/C27H26ClFN4O4S/c1-18(19-4-10-24(11-5-19)30-26(34)20-2-6-22(28)7-3-20)31-32-27(35)21-14-16-33(17-15-21)38(36,37)25-12-8-23(29)9-13-25/h2-13,21H,14-17H2,1H3,(H,30,34)(H,32,35)/b31-18+. The Hall–Kier alpha value is -3.60. The normalized spacial score (nSPS) is 15.2. The smallest absolute Gasteiger partial charge is 0.255 e. The predicted octanol–water partition coefficient (Wildman–Crippen LogP) is 4.67. The van der Waals surface area contributed by atoms with E-state index in [4.69, 9.17) is 11.6 Å². The van der Waals surface area contributed by atoms with E-state index in [0.717, 1.165) is 17.7 Å². The van der Waals surface area contributed by atoms with Crippen LogP contribution in [0, 0.1) is 11.7 Å². The zero-order valence-corrected chi connectivity index (χ0v) is 22.1. The lowest BCUT2D eigenvalue weighted by molar-refractivity contribution is -0.126. The SMILES string of the molecule is C/C(=N\NC(=O)C1CCN(S(=O)(=O)c2ccc(F)cc2)CC1)c1ccc(NC(=O)c2ccc(Cl)cc2)cc1. The fourth-order valence-corrected chi connectivity index (χ4v) is 5.60. The van der Waals surface area contributed by atoms with E-state index in [9.17, 15) is 22.4 Å². The molecule has 0 unspecified atom stereocenters. The van der Waals surface area contributed by atoms with E-state index in [-0.39, 0.29) is 35.7 Å². The highest BCUT2D eigenvalue weighted by Gasteiger charge is 2.32. The summed E-state index contributed by atoms with van der Waals surface area (Å²) in [6.07, 6.45) is 0.700. The Bertz CT molecular complexity index is 1440. The molecule has 2 N–H and O–H groups in total. The summed E-state index contributed by atoms with van der Waals surface area (Å²) in [4.78, 5) is 25.0. The van der Waals surface area contributed by atoms with Gasteiger partial charge < -0.3 is 5.32 Å². The minimum absolute atomic E-state index is 0.0255. The highest BCUT2D eigenvalue weighted by molar-refractivity contribution is 7.89. The highest BCUT2D eigenvalue weighted by atomic mass is 35.5. The number of hydrazone groups is 1. The average molecular weight is 557 g/mol. The van der Waals surface area contributed by atoms with Crippen LogP contribution in [0.3, 0.4) is 0 Å². The van der Waals surface area contributed by atoms with Crippen LogP contribution in [0.25, 0.3) is 0 Å². The Kier molecular flexibility index (Phi) is 8.55. The number of carbonyl (C=O) groups is 2. The molecule has 198 valence electrons. The van der Waals surface area contributed by atoms with Gasteiger partial charge in [-0.2, -0.15) is 9.41 Å². The Labute approximate surface area is 225 Å². The predicted molar refractivity (Wildman–Crippen MR) is 144 cm³/mol. The number of halogens is 2. The summed E-state index contributed by atoms with van der Waals surface area (Å²) in [6, 6.07) is 18.3. The molecule has 1 aliphatic rings. The van der Waals surface area contributed by atoms with Crippen LogP contribution in [0.5, 0.6) is 0 Å². The molecular formula is C27H26ClFN4O4S. The summed E-state index contributed by atoms with van der Waals surface area (Å²) in [7, 11) is -3.74. The molecule has 3 aromatic carbocycles. The number of sulfonamides is 1. The first-order chi connectivity index (χ1) is 18.1. The number of amides is 2. The molecule has 1 aliphatic heterocycles. The van der Waals surface area contributed by atoms with E-state index in [0.29, 0.717) is 34.8 Å². The van der Waals surface area contributed by atoms with Gasteiger partial charge in [-0.15, -0.1) is 0 Å². The molecule has 0 aliphatic carbocycles. The largest absolute Gasteiger partial charge is 0.322 e. The van der Waals surface area contributed by atoms with Crippen molar-refractivity contribution in [3.63, 3.8) is 0 Å². The molecule has 3 aromatic rings. The van der Waals surface area contributed by atoms with Crippen LogP contribution in [0.1, 0.15) is 35.7 Å². The molecule has 1 fully saturated rings. The lowest BCUT2D eigenvalue weighted by Crippen LogP contribution is -2.42. The van der Waals surface area contributed by atoms with Gasteiger partial charge in [0.1, 0.15) is 5.82 Å². The van der Waals surface area contributed by atoms with Gasteiger partial charge in [-0.25, -0.2) is 18.2 Å². The van der Waals surface area contributed by atoms with Crippen molar-refractivity contribution in [2.75, 3.05) is 18.4 Å². The van der Waals surface area contributed by atoms with Crippen LogP contribution < -0.4 is 10.7 Å². The molecule has 0 atom stereocenters. The van der Waals surface area contributed by atoms with Crippen molar-refractivity contribution in [3.8, 4) is 0 Å². The van der Waals surface area contributed by atoms with E-state index >= 15 is 0 Å². The number of nitrogens with zero attached hydrogens (tertiary/aromatic N) is 2. The van der Waals surface area contributed by atoms with E-state index < -0.39 is 15.8 Å². The van der Waals surface area contributed by atoms with Crippen molar-refractivity contribution < 1.29 is 22.4 Å². The molecule has 1 heterocycles. The summed E-state index contributed by atoms with van der Waals surface area (Å²) in [5, 5.41) is 7.55. The quantitative estimate of drug-likeness (QED) is 0.325. The van der Waals surface area contributed by atoms with Crippen LogP contribution in [0.2, 0.25) is 5.02 Å². The second-order valence-corrected chi connectivity index (χ2v) is 11.2. The first-order valence-electron chi connectivity index (χ1n) is 11.9. The maximum Gasteiger partial charge on any atom is 0.255 e. The Balaban J connectivity index is 1.29. The van der Waals surface area contributed by atoms with E-state index in [1.165, 1.54) is 16.4 Å². The topological polar surface area (TPSA) is 108 Å². The Morgan fingerprint density at radius 3 is 2.11 bits per heavy atom. The van der Waals surface area contributed by atoms with Gasteiger partial charge in [-0.3, -0.25) is 9.59 Å². The van der Waals surface area contributed by atoms with Crippen LogP contribution in [0.4, 0.5) is 10.1 Å². The van der Waals surface area contributed by atoms with E-state index in [1.54, 1.807) is 55.5 Å². The number of piperidine rings is 1. The zero-order chi connectivity index (χ0) is 27.3. The summed E-state index contributed by atoms with van der Waals surface area (Å²) in [5.74, 6) is -1.43. The molecule has 0 aromatic heterocycles. The monoisotopic (exact) mass is 556 g/mol. The number of hydrogen-bond donors (Lipinski definition) is 2. The molecule has 0 bridgehead atoms. The van der Waals surface area contributed by atoms with Gasteiger partial charge in [0, 0.05) is 35.3 Å². The molecular weight excluding hydrogens is 531 g/mol. The number of nitrogens with one attached hydrogen (secondary N) is 2. The summed E-state index contributed by atoms with van der Waals surface area (Å²) >= 11 is 5.86. The maximum absolute atomic E-state index is 13.1. The van der Waals surface area contributed by atoms with Crippen molar-refractivity contribution >= 4 is 44.8 Å². The van der Waals surface area contributed by atoms with Crippen LogP contribution in [-0.2, 0) is 14.8 Å². The first kappa shape index (κ1) is 27.4. The molecule has 1 saturated heterocycles. The lowest BCUT2D eigenvalue weighted by atomic mass is 9.98. The second kappa shape index (κ2) is 11.8. The third-order valence-corrected chi connectivity index (χ3v) is 8.44. The number of rotatable bonds is 7. The fourth-order valence-electron chi connectivity index (χ4n) is 4.01. The average Bonchev–Trinajstić information content (AvgIpc) is 2.92. The molecule has 0 radical (unpaired) electrons. The van der Waals surface area contributed by atoms with Crippen LogP contribution in [0.15, 0.2) is 82.8 Å². The molecule has 8 nitrogen and oxygen atoms in total. The molecule has 0 saturated carbocycles. The van der Waals surface area contributed by atoms with Gasteiger partial charge in [0.05, 0.1) is 10.6 Å². The molecule has 2 amide bonds. The summed E-state index contributed by atoms with van der Waals surface area (Å²) in [5.41, 5.74) is 5.00. The Morgan fingerprint density at radius 1 is 0.921 bits per heavy atom. The molecule has 11 heteroatoms. The molecule has 4 rings (SSSR count). The maximum atomic E-state index is 13.1. The summed E-state index contributed by atoms with van der Waals surface area (Å²) in [6.45, 7) is 2.12.